The fourth-order valence-corrected chi connectivity index (χ4v) is 1.85. The number of carbonyl (C=O) groups is 1. The molecule has 3 atom stereocenters. The third kappa shape index (κ3) is 5.01. The lowest BCUT2D eigenvalue weighted by Gasteiger charge is -2.21. The highest BCUT2D eigenvalue weighted by Gasteiger charge is 2.20. The molecule has 1 aromatic rings. The second kappa shape index (κ2) is 7.26. The Hall–Kier alpha value is -1.39. The Labute approximate surface area is 115 Å². The van der Waals surface area contributed by atoms with Crippen LogP contribution >= 0.6 is 0 Å². The van der Waals surface area contributed by atoms with Crippen molar-refractivity contribution >= 4 is 5.91 Å². The van der Waals surface area contributed by atoms with Gasteiger partial charge in [0, 0.05) is 6.04 Å². The first kappa shape index (κ1) is 15.7. The summed E-state index contributed by atoms with van der Waals surface area (Å²) in [5, 5.41) is 12.9. The quantitative estimate of drug-likeness (QED) is 0.730. The Morgan fingerprint density at radius 3 is 2.37 bits per heavy atom. The Balaban J connectivity index is 2.47. The van der Waals surface area contributed by atoms with Gasteiger partial charge in [0.25, 0.3) is 0 Å². The van der Waals surface area contributed by atoms with Gasteiger partial charge in [-0.25, -0.2) is 0 Å². The van der Waals surface area contributed by atoms with Gasteiger partial charge in [-0.05, 0) is 24.8 Å². The zero-order valence-electron chi connectivity index (χ0n) is 11.8. The molecule has 0 fully saturated rings. The van der Waals surface area contributed by atoms with Crippen molar-refractivity contribution in [2.45, 2.75) is 45.4 Å². The van der Waals surface area contributed by atoms with Crippen LogP contribution in [0.25, 0.3) is 0 Å². The molecule has 0 spiro atoms. The number of aliphatic hydroxyl groups excluding tert-OH is 1. The molecule has 0 saturated carbocycles. The number of rotatable bonds is 6. The molecule has 0 aliphatic carbocycles. The monoisotopic (exact) mass is 264 g/mol. The molecule has 0 bridgehead atoms. The summed E-state index contributed by atoms with van der Waals surface area (Å²) in [6, 6.07) is 8.80. The molecule has 0 saturated heterocycles. The van der Waals surface area contributed by atoms with E-state index in [4.69, 9.17) is 5.73 Å². The number of benzene rings is 1. The SMILES string of the molecule is CC(CC(O)c1ccccc1)NC(=O)[C@@H](N)C(C)C. The lowest BCUT2D eigenvalue weighted by Crippen LogP contribution is -2.47. The van der Waals surface area contributed by atoms with E-state index in [1.54, 1.807) is 0 Å². The third-order valence-electron chi connectivity index (χ3n) is 3.17. The van der Waals surface area contributed by atoms with E-state index >= 15 is 0 Å². The minimum Gasteiger partial charge on any atom is -0.388 e. The van der Waals surface area contributed by atoms with Crippen molar-refractivity contribution in [3.63, 3.8) is 0 Å². The highest BCUT2D eigenvalue weighted by Crippen LogP contribution is 2.17. The summed E-state index contributed by atoms with van der Waals surface area (Å²) in [5.41, 5.74) is 6.63. The van der Waals surface area contributed by atoms with E-state index in [1.165, 1.54) is 0 Å². The molecule has 2 unspecified atom stereocenters. The molecule has 0 aliphatic heterocycles. The van der Waals surface area contributed by atoms with Crippen LogP contribution in [0.5, 0.6) is 0 Å². The molecule has 4 heteroatoms. The lowest BCUT2D eigenvalue weighted by molar-refractivity contribution is -0.124. The van der Waals surface area contributed by atoms with Gasteiger partial charge in [0.15, 0.2) is 0 Å². The van der Waals surface area contributed by atoms with E-state index < -0.39 is 12.1 Å². The minimum absolute atomic E-state index is 0.103. The van der Waals surface area contributed by atoms with Crippen LogP contribution < -0.4 is 11.1 Å². The molecular formula is C15H24N2O2. The largest absolute Gasteiger partial charge is 0.388 e. The molecule has 106 valence electrons. The van der Waals surface area contributed by atoms with Crippen LogP contribution in [0.3, 0.4) is 0 Å². The summed E-state index contributed by atoms with van der Waals surface area (Å²) in [6.07, 6.45) is -0.104. The van der Waals surface area contributed by atoms with Gasteiger partial charge in [0.1, 0.15) is 0 Å². The van der Waals surface area contributed by atoms with Crippen molar-refractivity contribution < 1.29 is 9.90 Å². The van der Waals surface area contributed by atoms with E-state index in [1.807, 2.05) is 51.1 Å². The van der Waals surface area contributed by atoms with Crippen LogP contribution in [0, 0.1) is 5.92 Å². The molecular weight excluding hydrogens is 240 g/mol. The molecule has 4 nitrogen and oxygen atoms in total. The van der Waals surface area contributed by atoms with Gasteiger partial charge in [-0.15, -0.1) is 0 Å². The number of hydrogen-bond acceptors (Lipinski definition) is 3. The smallest absolute Gasteiger partial charge is 0.237 e. The van der Waals surface area contributed by atoms with Crippen molar-refractivity contribution in [1.82, 2.24) is 5.32 Å². The fourth-order valence-electron chi connectivity index (χ4n) is 1.85. The standard InChI is InChI=1S/C15H24N2O2/c1-10(2)14(16)15(19)17-11(3)9-13(18)12-7-5-4-6-8-12/h4-8,10-11,13-14,18H,9,16H2,1-3H3,(H,17,19)/t11?,13?,14-/m0/s1. The molecule has 0 aromatic heterocycles. The van der Waals surface area contributed by atoms with Crippen molar-refractivity contribution in [3.05, 3.63) is 35.9 Å². The first-order chi connectivity index (χ1) is 8.91. The third-order valence-corrected chi connectivity index (χ3v) is 3.17. The van der Waals surface area contributed by atoms with Crippen molar-refractivity contribution in [3.8, 4) is 0 Å². The maximum absolute atomic E-state index is 11.8. The number of aliphatic hydroxyl groups is 1. The first-order valence-corrected chi connectivity index (χ1v) is 6.70. The van der Waals surface area contributed by atoms with Gasteiger partial charge < -0.3 is 16.2 Å². The second-order valence-electron chi connectivity index (χ2n) is 5.34. The molecule has 0 radical (unpaired) electrons. The molecule has 19 heavy (non-hydrogen) atoms. The molecule has 1 amide bonds. The van der Waals surface area contributed by atoms with E-state index in [9.17, 15) is 9.90 Å². The van der Waals surface area contributed by atoms with Crippen LogP contribution in [0.4, 0.5) is 0 Å². The van der Waals surface area contributed by atoms with Crippen LogP contribution in [0.2, 0.25) is 0 Å². The Morgan fingerprint density at radius 2 is 1.84 bits per heavy atom. The highest BCUT2D eigenvalue weighted by atomic mass is 16.3. The number of nitrogens with one attached hydrogen (secondary N) is 1. The number of nitrogens with two attached hydrogens (primary N) is 1. The van der Waals surface area contributed by atoms with Crippen molar-refractivity contribution in [2.75, 3.05) is 0 Å². The normalized spacial score (nSPS) is 15.9. The summed E-state index contributed by atoms with van der Waals surface area (Å²) in [7, 11) is 0. The van der Waals surface area contributed by atoms with Crippen molar-refractivity contribution in [2.24, 2.45) is 11.7 Å². The van der Waals surface area contributed by atoms with Gasteiger partial charge in [0.2, 0.25) is 5.91 Å². The Kier molecular flexibility index (Phi) is 5.99. The van der Waals surface area contributed by atoms with E-state index in [0.29, 0.717) is 6.42 Å². The zero-order chi connectivity index (χ0) is 14.4. The number of carbonyl (C=O) groups excluding carboxylic acids is 1. The number of hydrogen-bond donors (Lipinski definition) is 3. The molecule has 4 N–H and O–H groups in total. The number of amides is 1. The Morgan fingerprint density at radius 1 is 1.26 bits per heavy atom. The zero-order valence-corrected chi connectivity index (χ0v) is 11.8. The Bertz CT molecular complexity index is 392. The van der Waals surface area contributed by atoms with Crippen LogP contribution in [-0.2, 0) is 4.79 Å². The van der Waals surface area contributed by atoms with Gasteiger partial charge in [-0.3, -0.25) is 4.79 Å². The summed E-state index contributed by atoms with van der Waals surface area (Å²) < 4.78 is 0. The van der Waals surface area contributed by atoms with E-state index in [2.05, 4.69) is 5.32 Å². The molecule has 0 aliphatic rings. The maximum Gasteiger partial charge on any atom is 0.237 e. The van der Waals surface area contributed by atoms with Crippen LogP contribution in [0.1, 0.15) is 38.9 Å². The van der Waals surface area contributed by atoms with Crippen LogP contribution in [0.15, 0.2) is 30.3 Å². The van der Waals surface area contributed by atoms with Gasteiger partial charge >= 0.3 is 0 Å². The first-order valence-electron chi connectivity index (χ1n) is 6.70. The lowest BCUT2D eigenvalue weighted by atomic mass is 10.0. The summed E-state index contributed by atoms with van der Waals surface area (Å²) in [5.74, 6) is -0.0611. The predicted molar refractivity (Wildman–Crippen MR) is 76.4 cm³/mol. The van der Waals surface area contributed by atoms with E-state index in [-0.39, 0.29) is 17.9 Å². The molecule has 0 heterocycles. The van der Waals surface area contributed by atoms with Gasteiger partial charge in [0.05, 0.1) is 12.1 Å². The average Bonchev–Trinajstić information content (AvgIpc) is 2.38. The summed E-state index contributed by atoms with van der Waals surface area (Å²) in [4.78, 5) is 11.8. The molecule has 1 rings (SSSR count). The molecule has 1 aromatic carbocycles. The van der Waals surface area contributed by atoms with Crippen molar-refractivity contribution in [1.29, 1.82) is 0 Å². The predicted octanol–water partition coefficient (Wildman–Crippen LogP) is 1.60. The minimum atomic E-state index is -0.577. The average molecular weight is 264 g/mol. The summed E-state index contributed by atoms with van der Waals surface area (Å²) in [6.45, 7) is 5.69. The maximum atomic E-state index is 11.8. The highest BCUT2D eigenvalue weighted by molar-refractivity contribution is 5.81. The van der Waals surface area contributed by atoms with Gasteiger partial charge in [-0.2, -0.15) is 0 Å². The summed E-state index contributed by atoms with van der Waals surface area (Å²) >= 11 is 0. The fraction of sp³-hybridized carbons (Fsp3) is 0.533. The topological polar surface area (TPSA) is 75.3 Å². The second-order valence-corrected chi connectivity index (χ2v) is 5.34. The van der Waals surface area contributed by atoms with Crippen LogP contribution in [-0.4, -0.2) is 23.1 Å². The van der Waals surface area contributed by atoms with Gasteiger partial charge in [-0.1, -0.05) is 44.2 Å². The van der Waals surface area contributed by atoms with E-state index in [0.717, 1.165) is 5.56 Å².